The van der Waals surface area contributed by atoms with Gasteiger partial charge in [-0.3, -0.25) is 4.98 Å². The summed E-state index contributed by atoms with van der Waals surface area (Å²) in [5.41, 5.74) is -4.49. The number of halogens is 6. The highest BCUT2D eigenvalue weighted by Crippen LogP contribution is 2.41. The molecular weight excluding hydrogens is 460 g/mol. The van der Waals surface area contributed by atoms with Gasteiger partial charge in [0.2, 0.25) is 0 Å². The number of nitrogens with zero attached hydrogens (tertiary/aromatic N) is 2. The van der Waals surface area contributed by atoms with E-state index >= 15 is 0 Å². The summed E-state index contributed by atoms with van der Waals surface area (Å²) in [6, 6.07) is 6.53. The highest BCUT2D eigenvalue weighted by Gasteiger charge is 2.35. The lowest BCUT2D eigenvalue weighted by Gasteiger charge is -2.14. The van der Waals surface area contributed by atoms with Crippen LogP contribution in [0.3, 0.4) is 0 Å². The van der Waals surface area contributed by atoms with E-state index in [0.29, 0.717) is 17.0 Å². The number of benzene rings is 1. The molecule has 11 heteroatoms. The highest BCUT2D eigenvalue weighted by molar-refractivity contribution is 8.01. The Morgan fingerprint density at radius 1 is 1.06 bits per heavy atom. The monoisotopic (exact) mass is 477 g/mol. The summed E-state index contributed by atoms with van der Waals surface area (Å²) in [6.45, 7) is 4.11. The number of alkyl halides is 6. The Morgan fingerprint density at radius 2 is 1.81 bits per heavy atom. The van der Waals surface area contributed by atoms with E-state index in [2.05, 4.69) is 23.8 Å². The zero-order chi connectivity index (χ0) is 22.8. The van der Waals surface area contributed by atoms with Crippen molar-refractivity contribution in [2.45, 2.75) is 32.0 Å². The lowest BCUT2D eigenvalue weighted by atomic mass is 10.0. The number of hydrogen-bond donors (Lipinski definition) is 1. The fraction of sp³-hybridized carbons (Fsp3) is 0.300. The first kappa shape index (κ1) is 23.4. The molecule has 0 bridgehead atoms. The van der Waals surface area contributed by atoms with Crippen molar-refractivity contribution in [2.24, 2.45) is 5.92 Å². The zero-order valence-corrected chi connectivity index (χ0v) is 17.9. The first-order chi connectivity index (χ1) is 14.4. The maximum atomic E-state index is 13.6. The lowest BCUT2D eigenvalue weighted by Crippen LogP contribution is -2.09. The fourth-order valence-corrected chi connectivity index (χ4v) is 4.03. The third kappa shape index (κ3) is 6.36. The summed E-state index contributed by atoms with van der Waals surface area (Å²) in [6.07, 6.45) is -2.37. The molecule has 0 saturated heterocycles. The van der Waals surface area contributed by atoms with Crippen LogP contribution in [0, 0.1) is 5.92 Å². The molecule has 0 aliphatic heterocycles. The van der Waals surface area contributed by atoms with Crippen LogP contribution in [-0.4, -0.2) is 15.5 Å². The van der Waals surface area contributed by atoms with E-state index in [0.717, 1.165) is 29.8 Å². The van der Waals surface area contributed by atoms with Crippen LogP contribution in [0.15, 0.2) is 41.9 Å². The van der Waals surface area contributed by atoms with Crippen molar-refractivity contribution in [2.75, 3.05) is 4.72 Å². The van der Waals surface area contributed by atoms with Crippen LogP contribution in [0.5, 0.6) is 0 Å². The van der Waals surface area contributed by atoms with Crippen molar-refractivity contribution in [3.8, 4) is 21.8 Å². The first-order valence-electron chi connectivity index (χ1n) is 9.05. The van der Waals surface area contributed by atoms with E-state index in [1.54, 1.807) is 12.3 Å². The Bertz CT molecular complexity index is 1040. The van der Waals surface area contributed by atoms with Gasteiger partial charge in [-0.2, -0.15) is 26.3 Å². The molecule has 2 aromatic heterocycles. The molecule has 0 amide bonds. The summed E-state index contributed by atoms with van der Waals surface area (Å²) in [5, 5.41) is 2.03. The molecule has 0 atom stereocenters. The largest absolute Gasteiger partial charge is 0.461 e. The second-order valence-electron chi connectivity index (χ2n) is 7.08. The van der Waals surface area contributed by atoms with Crippen LogP contribution < -0.4 is 4.72 Å². The predicted molar refractivity (Wildman–Crippen MR) is 112 cm³/mol. The molecule has 0 aliphatic carbocycles. The Morgan fingerprint density at radius 3 is 2.45 bits per heavy atom. The smallest absolute Gasteiger partial charge is 0.323 e. The molecule has 31 heavy (non-hydrogen) atoms. The molecule has 1 aromatic carbocycles. The molecule has 0 aliphatic rings. The number of nitrogens with one attached hydrogen (secondary N) is 1. The van der Waals surface area contributed by atoms with Gasteiger partial charge in [0, 0.05) is 34.1 Å². The molecule has 0 radical (unpaired) electrons. The van der Waals surface area contributed by atoms with Gasteiger partial charge in [-0.05, 0) is 36.6 Å². The average Bonchev–Trinajstić information content (AvgIpc) is 3.15. The molecule has 0 unspecified atom stereocenters. The van der Waals surface area contributed by atoms with Gasteiger partial charge in [0.1, 0.15) is 5.01 Å². The van der Waals surface area contributed by atoms with E-state index in [1.165, 1.54) is 16.7 Å². The van der Waals surface area contributed by atoms with Gasteiger partial charge in [-0.1, -0.05) is 19.9 Å². The third-order valence-electron chi connectivity index (χ3n) is 4.07. The molecule has 0 saturated carbocycles. The van der Waals surface area contributed by atoms with Crippen LogP contribution in [-0.2, 0) is 12.6 Å². The van der Waals surface area contributed by atoms with E-state index in [4.69, 9.17) is 0 Å². The number of hydrogen-bond acceptors (Lipinski definition) is 5. The van der Waals surface area contributed by atoms with Crippen LogP contribution >= 0.6 is 23.3 Å². The van der Waals surface area contributed by atoms with Gasteiger partial charge in [0.25, 0.3) is 0 Å². The van der Waals surface area contributed by atoms with Crippen LogP contribution in [0.1, 0.15) is 25.1 Å². The predicted octanol–water partition coefficient (Wildman–Crippen LogP) is 7.67. The quantitative estimate of drug-likeness (QED) is 0.292. The van der Waals surface area contributed by atoms with E-state index in [1.807, 2.05) is 10.8 Å². The number of aromatic nitrogens is 2. The highest BCUT2D eigenvalue weighted by atomic mass is 32.2. The van der Waals surface area contributed by atoms with Gasteiger partial charge in [0.05, 0.1) is 23.2 Å². The Balaban J connectivity index is 1.94. The SMILES string of the molecule is CC(C)Cc1cc(-c2nc(-c3ccc(NSC(F)(F)F)cc3C(F)(F)F)cs2)ccn1. The van der Waals surface area contributed by atoms with Crippen LogP contribution in [0.4, 0.5) is 32.0 Å². The minimum absolute atomic E-state index is 0.101. The Labute approximate surface area is 183 Å². The van der Waals surface area contributed by atoms with Crippen LogP contribution in [0.25, 0.3) is 21.8 Å². The molecule has 3 rings (SSSR count). The topological polar surface area (TPSA) is 37.8 Å². The molecule has 166 valence electrons. The molecular formula is C20H17F6N3S2. The van der Waals surface area contributed by atoms with Crippen molar-refractivity contribution in [1.82, 2.24) is 9.97 Å². The zero-order valence-electron chi connectivity index (χ0n) is 16.3. The van der Waals surface area contributed by atoms with E-state index in [-0.39, 0.29) is 16.9 Å². The van der Waals surface area contributed by atoms with Gasteiger partial charge in [-0.15, -0.1) is 11.3 Å². The van der Waals surface area contributed by atoms with Gasteiger partial charge in [0.15, 0.2) is 0 Å². The Kier molecular flexibility index (Phi) is 6.85. The van der Waals surface area contributed by atoms with Crippen molar-refractivity contribution >= 4 is 29.0 Å². The molecule has 3 nitrogen and oxygen atoms in total. The average molecular weight is 477 g/mol. The molecule has 0 fully saturated rings. The van der Waals surface area contributed by atoms with E-state index < -0.39 is 29.2 Å². The normalized spacial score (nSPS) is 12.4. The van der Waals surface area contributed by atoms with Gasteiger partial charge >= 0.3 is 11.7 Å². The number of rotatable bonds is 6. The standard InChI is InChI=1S/C20H17F6N3S2/c1-11(2)7-14-8-12(5-6-27-14)18-28-17(10-30-18)15-4-3-13(29-31-20(24,25)26)9-16(15)19(21,22)23/h3-6,8-11,29H,7H2,1-2H3. The first-order valence-corrected chi connectivity index (χ1v) is 10.7. The number of anilines is 1. The molecule has 1 N–H and O–H groups in total. The third-order valence-corrected chi connectivity index (χ3v) is 5.53. The molecule has 2 heterocycles. The summed E-state index contributed by atoms with van der Waals surface area (Å²) < 4.78 is 79.7. The van der Waals surface area contributed by atoms with Crippen molar-refractivity contribution < 1.29 is 26.3 Å². The second-order valence-corrected chi connectivity index (χ2v) is 8.81. The minimum atomic E-state index is -4.76. The lowest BCUT2D eigenvalue weighted by molar-refractivity contribution is -0.137. The number of thiazole rings is 1. The molecule has 3 aromatic rings. The second kappa shape index (κ2) is 9.07. The van der Waals surface area contributed by atoms with Gasteiger partial charge < -0.3 is 4.72 Å². The fourth-order valence-electron chi connectivity index (χ4n) is 2.85. The summed E-state index contributed by atoms with van der Waals surface area (Å²) in [4.78, 5) is 8.65. The van der Waals surface area contributed by atoms with Crippen molar-refractivity contribution in [3.63, 3.8) is 0 Å². The molecule has 0 spiro atoms. The summed E-state index contributed by atoms with van der Waals surface area (Å²) in [7, 11) is 0. The van der Waals surface area contributed by atoms with Crippen LogP contribution in [0.2, 0.25) is 0 Å². The van der Waals surface area contributed by atoms with Gasteiger partial charge in [-0.25, -0.2) is 4.98 Å². The minimum Gasteiger partial charge on any atom is -0.323 e. The maximum Gasteiger partial charge on any atom is 0.461 e. The number of pyridine rings is 1. The van der Waals surface area contributed by atoms with Crippen molar-refractivity contribution in [1.29, 1.82) is 0 Å². The Hall–Kier alpha value is -2.27. The summed E-state index contributed by atoms with van der Waals surface area (Å²) >= 11 is 0.565. The summed E-state index contributed by atoms with van der Waals surface area (Å²) in [5.74, 6) is 0.395. The van der Waals surface area contributed by atoms with Crippen molar-refractivity contribution in [3.05, 3.63) is 53.2 Å². The maximum absolute atomic E-state index is 13.6. The van der Waals surface area contributed by atoms with E-state index in [9.17, 15) is 26.3 Å².